The van der Waals surface area contributed by atoms with E-state index in [1.54, 1.807) is 11.0 Å². The van der Waals surface area contributed by atoms with E-state index in [0.717, 1.165) is 16.7 Å². The van der Waals surface area contributed by atoms with Crippen molar-refractivity contribution in [3.05, 3.63) is 80.8 Å². The van der Waals surface area contributed by atoms with Crippen LogP contribution in [0.1, 0.15) is 38.8 Å². The predicted octanol–water partition coefficient (Wildman–Crippen LogP) is 5.45. The summed E-state index contributed by atoms with van der Waals surface area (Å²) in [6.45, 7) is 8.13. The minimum Gasteiger partial charge on any atom is -0.308 e. The van der Waals surface area contributed by atoms with Gasteiger partial charge in [-0.25, -0.2) is 0 Å². The third kappa shape index (κ3) is 4.11. The molecular weight excluding hydrogens is 395 g/mol. The normalized spacial score (nSPS) is 17.6. The van der Waals surface area contributed by atoms with E-state index in [1.165, 1.54) is 0 Å². The molecule has 1 heterocycles. The fraction of sp³-hybridized carbons (Fsp3) is 0.318. The van der Waals surface area contributed by atoms with Gasteiger partial charge in [-0.05, 0) is 62.6 Å². The lowest BCUT2D eigenvalue weighted by Gasteiger charge is -2.41. The zero-order chi connectivity index (χ0) is 20.5. The number of benzene rings is 2. The molecule has 0 spiro atoms. The van der Waals surface area contributed by atoms with Crippen molar-refractivity contribution in [2.75, 3.05) is 0 Å². The van der Waals surface area contributed by atoms with E-state index in [9.17, 15) is 4.79 Å². The molecule has 0 fully saturated rings. The van der Waals surface area contributed by atoms with Gasteiger partial charge in [0.1, 0.15) is 6.17 Å². The van der Waals surface area contributed by atoms with Crippen molar-refractivity contribution in [1.82, 2.24) is 10.4 Å². The Kier molecular flexibility index (Phi) is 6.15. The minimum absolute atomic E-state index is 0.0422. The van der Waals surface area contributed by atoms with E-state index < -0.39 is 5.54 Å². The highest BCUT2D eigenvalue weighted by molar-refractivity contribution is 6.34. The molecule has 0 radical (unpaired) electrons. The average molecular weight is 419 g/mol. The van der Waals surface area contributed by atoms with Crippen molar-refractivity contribution >= 4 is 29.1 Å². The zero-order valence-electron chi connectivity index (χ0n) is 16.4. The van der Waals surface area contributed by atoms with E-state index in [1.807, 2.05) is 70.2 Å². The van der Waals surface area contributed by atoms with Crippen LogP contribution in [0, 0.1) is 0 Å². The molecule has 3 rings (SSSR count). The van der Waals surface area contributed by atoms with Crippen LogP contribution in [0.15, 0.2) is 59.7 Å². The second kappa shape index (κ2) is 8.26. The highest BCUT2D eigenvalue weighted by atomic mass is 35.5. The van der Waals surface area contributed by atoms with E-state index in [4.69, 9.17) is 28.0 Å². The van der Waals surface area contributed by atoms with Crippen LogP contribution in [0.4, 0.5) is 0 Å². The quantitative estimate of drug-likeness (QED) is 0.633. The number of carbonyl (C=O) groups is 1. The van der Waals surface area contributed by atoms with Crippen LogP contribution in [0.5, 0.6) is 0 Å². The van der Waals surface area contributed by atoms with Gasteiger partial charge in [0.05, 0.1) is 12.1 Å². The summed E-state index contributed by atoms with van der Waals surface area (Å²) in [6.07, 6.45) is -0.385. The minimum atomic E-state index is -0.654. The Hall–Kier alpha value is -1.85. The molecule has 0 saturated carbocycles. The van der Waals surface area contributed by atoms with Crippen molar-refractivity contribution in [1.29, 1.82) is 0 Å². The summed E-state index contributed by atoms with van der Waals surface area (Å²) < 4.78 is 0. The molecule has 1 unspecified atom stereocenters. The van der Waals surface area contributed by atoms with Crippen LogP contribution in [-0.4, -0.2) is 17.0 Å². The van der Waals surface area contributed by atoms with Gasteiger partial charge in [-0.15, -0.1) is 0 Å². The predicted molar refractivity (Wildman–Crippen MR) is 113 cm³/mol. The van der Waals surface area contributed by atoms with Crippen LogP contribution < -0.4 is 5.48 Å². The monoisotopic (exact) mass is 418 g/mol. The highest BCUT2D eigenvalue weighted by Crippen LogP contribution is 2.38. The van der Waals surface area contributed by atoms with E-state index in [-0.39, 0.29) is 12.1 Å². The fourth-order valence-electron chi connectivity index (χ4n) is 3.41. The molecule has 28 heavy (non-hydrogen) atoms. The van der Waals surface area contributed by atoms with Crippen molar-refractivity contribution < 1.29 is 9.63 Å². The SMILES string of the molecule is CC1=C(C)C(NOCc2ccccc2)N(C(C)(C)c2cc(Cl)cc(Cl)c2)C1=O. The van der Waals surface area contributed by atoms with Gasteiger partial charge in [-0.3, -0.25) is 9.63 Å². The summed E-state index contributed by atoms with van der Waals surface area (Å²) in [5.74, 6) is -0.0422. The molecule has 1 aliphatic heterocycles. The Bertz CT molecular complexity index is 890. The highest BCUT2D eigenvalue weighted by Gasteiger charge is 2.44. The molecule has 0 aromatic heterocycles. The molecule has 2 aromatic carbocycles. The van der Waals surface area contributed by atoms with E-state index in [2.05, 4.69) is 5.48 Å². The first-order valence-corrected chi connectivity index (χ1v) is 9.86. The second-order valence-electron chi connectivity index (χ2n) is 7.49. The van der Waals surface area contributed by atoms with Gasteiger partial charge in [0, 0.05) is 15.6 Å². The molecule has 2 aromatic rings. The molecule has 6 heteroatoms. The number of amides is 1. The third-order valence-electron chi connectivity index (χ3n) is 5.25. The lowest BCUT2D eigenvalue weighted by atomic mass is 9.91. The maximum atomic E-state index is 13.1. The molecule has 148 valence electrons. The average Bonchev–Trinajstić information content (AvgIpc) is 2.86. The van der Waals surface area contributed by atoms with E-state index in [0.29, 0.717) is 22.2 Å². The number of nitrogens with zero attached hydrogens (tertiary/aromatic N) is 1. The smallest absolute Gasteiger partial charge is 0.251 e. The Balaban J connectivity index is 1.85. The van der Waals surface area contributed by atoms with Crippen molar-refractivity contribution in [2.24, 2.45) is 0 Å². The summed E-state index contributed by atoms with van der Waals surface area (Å²) in [7, 11) is 0. The molecule has 4 nitrogen and oxygen atoms in total. The van der Waals surface area contributed by atoms with Gasteiger partial charge >= 0.3 is 0 Å². The standard InChI is InChI=1S/C22H24Cl2N2O2/c1-14-15(2)21(27)26(20(14)25-28-13-16-8-6-5-7-9-16)22(3,4)17-10-18(23)12-19(24)11-17/h5-12,20,25H,13H2,1-4H3. The second-order valence-corrected chi connectivity index (χ2v) is 8.37. The van der Waals surface area contributed by atoms with Gasteiger partial charge in [-0.2, -0.15) is 5.48 Å². The Morgan fingerprint density at radius 3 is 2.29 bits per heavy atom. The largest absolute Gasteiger partial charge is 0.308 e. The van der Waals surface area contributed by atoms with Crippen LogP contribution in [-0.2, 0) is 21.8 Å². The number of nitrogens with one attached hydrogen (secondary N) is 1. The van der Waals surface area contributed by atoms with Crippen molar-refractivity contribution in [3.8, 4) is 0 Å². The lowest BCUT2D eigenvalue weighted by Crippen LogP contribution is -2.53. The molecule has 0 aliphatic carbocycles. The molecule has 1 N–H and O–H groups in total. The maximum Gasteiger partial charge on any atom is 0.251 e. The van der Waals surface area contributed by atoms with Crippen LogP contribution in [0.2, 0.25) is 10.0 Å². The van der Waals surface area contributed by atoms with Crippen molar-refractivity contribution in [3.63, 3.8) is 0 Å². The van der Waals surface area contributed by atoms with Gasteiger partial charge < -0.3 is 4.90 Å². The van der Waals surface area contributed by atoms with E-state index >= 15 is 0 Å². The molecule has 1 aliphatic rings. The molecule has 1 amide bonds. The number of carbonyl (C=O) groups excluding carboxylic acids is 1. The Morgan fingerprint density at radius 1 is 1.07 bits per heavy atom. The zero-order valence-corrected chi connectivity index (χ0v) is 17.9. The summed E-state index contributed by atoms with van der Waals surface area (Å²) in [4.78, 5) is 20.6. The number of halogens is 2. The number of hydrogen-bond donors (Lipinski definition) is 1. The lowest BCUT2D eigenvalue weighted by molar-refractivity contribution is -0.139. The third-order valence-corrected chi connectivity index (χ3v) is 5.68. The topological polar surface area (TPSA) is 41.6 Å². The Morgan fingerprint density at radius 2 is 1.68 bits per heavy atom. The summed E-state index contributed by atoms with van der Waals surface area (Å²) in [5.41, 5.74) is 5.97. The molecule has 0 saturated heterocycles. The first-order chi connectivity index (χ1) is 13.2. The first kappa shape index (κ1) is 20.9. The maximum absolute atomic E-state index is 13.1. The van der Waals surface area contributed by atoms with Gasteiger partial charge in [-0.1, -0.05) is 53.5 Å². The molecule has 0 bridgehead atoms. The Labute approximate surface area is 176 Å². The van der Waals surface area contributed by atoms with Gasteiger partial charge in [0.2, 0.25) is 0 Å². The summed E-state index contributed by atoms with van der Waals surface area (Å²) in [5, 5.41) is 1.07. The first-order valence-electron chi connectivity index (χ1n) is 9.10. The number of hydroxylamine groups is 1. The van der Waals surface area contributed by atoms with Crippen LogP contribution in [0.3, 0.4) is 0 Å². The van der Waals surface area contributed by atoms with Crippen LogP contribution >= 0.6 is 23.2 Å². The molecule has 1 atom stereocenters. The number of rotatable bonds is 6. The van der Waals surface area contributed by atoms with Gasteiger partial charge in [0.15, 0.2) is 0 Å². The summed E-state index contributed by atoms with van der Waals surface area (Å²) >= 11 is 12.4. The fourth-order valence-corrected chi connectivity index (χ4v) is 3.93. The molecular formula is C22H24Cl2N2O2. The van der Waals surface area contributed by atoms with Gasteiger partial charge in [0.25, 0.3) is 5.91 Å². The summed E-state index contributed by atoms with van der Waals surface area (Å²) in [6, 6.07) is 15.2. The van der Waals surface area contributed by atoms with Crippen molar-refractivity contribution in [2.45, 2.75) is 46.0 Å². The number of hydrogen-bond acceptors (Lipinski definition) is 3. The van der Waals surface area contributed by atoms with Crippen LogP contribution in [0.25, 0.3) is 0 Å².